The first kappa shape index (κ1) is 21.1. The molecule has 0 bridgehead atoms. The largest absolute Gasteiger partial charge is 0.493 e. The molecule has 0 saturated heterocycles. The van der Waals surface area contributed by atoms with Crippen molar-refractivity contribution < 1.29 is 17.9 Å². The van der Waals surface area contributed by atoms with Gasteiger partial charge in [0.2, 0.25) is 15.9 Å². The van der Waals surface area contributed by atoms with Crippen molar-refractivity contribution in [3.05, 3.63) is 90.0 Å². The molecule has 0 fully saturated rings. The highest BCUT2D eigenvalue weighted by Gasteiger charge is 2.27. The second kappa shape index (κ2) is 8.91. The number of fused-ring (bicyclic) bond motifs is 1. The highest BCUT2D eigenvalue weighted by Crippen LogP contribution is 2.34. The van der Waals surface area contributed by atoms with E-state index in [1.807, 2.05) is 54.6 Å². The van der Waals surface area contributed by atoms with Gasteiger partial charge in [0, 0.05) is 24.8 Å². The number of ether oxygens (including phenoxy) is 1. The van der Waals surface area contributed by atoms with Gasteiger partial charge in [-0.2, -0.15) is 4.31 Å². The van der Waals surface area contributed by atoms with Crippen LogP contribution in [0.2, 0.25) is 0 Å². The fraction of sp³-hybridized carbons (Fsp3) is 0.208. The number of carbonyl (C=O) groups is 1. The third-order valence-corrected chi connectivity index (χ3v) is 7.17. The average Bonchev–Trinajstić information content (AvgIpc) is 2.79. The zero-order valence-electron chi connectivity index (χ0n) is 17.2. The first-order valence-corrected chi connectivity index (χ1v) is 11.5. The fourth-order valence-electron chi connectivity index (χ4n) is 3.66. The standard InChI is InChI=1S/C24H24N2O4S/c1-26(17-18-7-3-2-4-8-18)31(28,29)20-13-11-19(12-14-20)25-24(27)22-15-16-30-23-10-6-5-9-21(22)23/h2-14,22H,15-17H2,1H3,(H,25,27). The molecule has 1 heterocycles. The molecule has 3 aromatic carbocycles. The van der Waals surface area contributed by atoms with E-state index in [1.54, 1.807) is 19.2 Å². The number of hydrogen-bond donors (Lipinski definition) is 1. The van der Waals surface area contributed by atoms with Crippen LogP contribution in [0.3, 0.4) is 0 Å². The Hall–Kier alpha value is -3.16. The van der Waals surface area contributed by atoms with Gasteiger partial charge in [0.15, 0.2) is 0 Å². The number of carbonyl (C=O) groups excluding carboxylic acids is 1. The van der Waals surface area contributed by atoms with E-state index >= 15 is 0 Å². The average molecular weight is 437 g/mol. The molecule has 6 nitrogen and oxygen atoms in total. The molecule has 160 valence electrons. The van der Waals surface area contributed by atoms with Gasteiger partial charge in [-0.15, -0.1) is 0 Å². The van der Waals surface area contributed by atoms with Crippen molar-refractivity contribution in [1.29, 1.82) is 0 Å². The molecule has 3 aromatic rings. The van der Waals surface area contributed by atoms with E-state index in [2.05, 4.69) is 5.32 Å². The number of amides is 1. The molecule has 7 heteroatoms. The van der Waals surface area contributed by atoms with Crippen LogP contribution < -0.4 is 10.1 Å². The summed E-state index contributed by atoms with van der Waals surface area (Å²) in [5.41, 5.74) is 2.33. The van der Waals surface area contributed by atoms with E-state index in [4.69, 9.17) is 4.74 Å². The summed E-state index contributed by atoms with van der Waals surface area (Å²) in [6.07, 6.45) is 0.597. The molecule has 1 aliphatic heterocycles. The zero-order chi connectivity index (χ0) is 21.8. The third kappa shape index (κ3) is 4.62. The summed E-state index contributed by atoms with van der Waals surface area (Å²) < 4.78 is 32.7. The molecule has 1 N–H and O–H groups in total. The van der Waals surface area contributed by atoms with Crippen molar-refractivity contribution in [1.82, 2.24) is 4.31 Å². The van der Waals surface area contributed by atoms with E-state index < -0.39 is 10.0 Å². The molecule has 4 rings (SSSR count). The van der Waals surface area contributed by atoms with Crippen LogP contribution in [0, 0.1) is 0 Å². The van der Waals surface area contributed by atoms with Crippen LogP contribution in [0.1, 0.15) is 23.5 Å². The lowest BCUT2D eigenvalue weighted by atomic mass is 9.92. The maximum absolute atomic E-state index is 12.9. The minimum absolute atomic E-state index is 0.132. The van der Waals surface area contributed by atoms with E-state index in [0.29, 0.717) is 18.7 Å². The molecule has 0 spiro atoms. The highest BCUT2D eigenvalue weighted by molar-refractivity contribution is 7.89. The summed E-state index contributed by atoms with van der Waals surface area (Å²) in [5.74, 6) is 0.301. The smallest absolute Gasteiger partial charge is 0.243 e. The molecular formula is C24H24N2O4S. The van der Waals surface area contributed by atoms with E-state index in [9.17, 15) is 13.2 Å². The molecule has 1 aliphatic rings. The Bertz CT molecular complexity index is 1160. The summed E-state index contributed by atoms with van der Waals surface area (Å²) >= 11 is 0. The predicted molar refractivity (Wildman–Crippen MR) is 119 cm³/mol. The summed E-state index contributed by atoms with van der Waals surface area (Å²) in [6, 6.07) is 23.2. The molecular weight excluding hydrogens is 412 g/mol. The maximum atomic E-state index is 12.9. The third-order valence-electron chi connectivity index (χ3n) is 5.35. The van der Waals surface area contributed by atoms with Crippen molar-refractivity contribution in [3.63, 3.8) is 0 Å². The number of para-hydroxylation sites is 1. The monoisotopic (exact) mass is 436 g/mol. The number of sulfonamides is 1. The second-order valence-corrected chi connectivity index (χ2v) is 9.53. The van der Waals surface area contributed by atoms with Crippen molar-refractivity contribution >= 4 is 21.6 Å². The number of benzene rings is 3. The molecule has 1 amide bonds. The van der Waals surface area contributed by atoms with Crippen LogP contribution in [0.5, 0.6) is 5.75 Å². The minimum atomic E-state index is -3.64. The molecule has 0 saturated carbocycles. The van der Waals surface area contributed by atoms with Gasteiger partial charge in [-0.3, -0.25) is 4.79 Å². The van der Waals surface area contributed by atoms with Gasteiger partial charge in [0.25, 0.3) is 0 Å². The first-order chi connectivity index (χ1) is 14.9. The van der Waals surface area contributed by atoms with Crippen molar-refractivity contribution in [3.8, 4) is 5.75 Å². The zero-order valence-corrected chi connectivity index (χ0v) is 18.0. The molecule has 0 radical (unpaired) electrons. The molecule has 1 unspecified atom stereocenters. The van der Waals surface area contributed by atoms with Crippen molar-refractivity contribution in [2.24, 2.45) is 0 Å². The van der Waals surface area contributed by atoms with Crippen LogP contribution in [0.25, 0.3) is 0 Å². The van der Waals surface area contributed by atoms with Gasteiger partial charge in [-0.25, -0.2) is 8.42 Å². The lowest BCUT2D eigenvalue weighted by Crippen LogP contribution is -2.27. The Morgan fingerprint density at radius 2 is 1.68 bits per heavy atom. The van der Waals surface area contributed by atoms with Crippen LogP contribution in [-0.4, -0.2) is 32.3 Å². The summed E-state index contributed by atoms with van der Waals surface area (Å²) in [7, 11) is -2.08. The lowest BCUT2D eigenvalue weighted by molar-refractivity contribution is -0.118. The van der Waals surface area contributed by atoms with Crippen molar-refractivity contribution in [2.45, 2.75) is 23.8 Å². The Balaban J connectivity index is 1.45. The van der Waals surface area contributed by atoms with Gasteiger partial charge in [0.1, 0.15) is 5.75 Å². The fourth-order valence-corrected chi connectivity index (χ4v) is 4.82. The number of anilines is 1. The van der Waals surface area contributed by atoms with Crippen molar-refractivity contribution in [2.75, 3.05) is 19.0 Å². The normalized spacial score (nSPS) is 15.7. The Labute approximate surface area is 182 Å². The highest BCUT2D eigenvalue weighted by atomic mass is 32.2. The minimum Gasteiger partial charge on any atom is -0.493 e. The van der Waals surface area contributed by atoms with E-state index in [0.717, 1.165) is 16.9 Å². The number of nitrogens with zero attached hydrogens (tertiary/aromatic N) is 1. The van der Waals surface area contributed by atoms with Gasteiger partial charge < -0.3 is 10.1 Å². The topological polar surface area (TPSA) is 75.7 Å². The summed E-state index contributed by atoms with van der Waals surface area (Å²) in [6.45, 7) is 0.769. The van der Waals surface area contributed by atoms with Gasteiger partial charge in [-0.05, 0) is 42.3 Å². The quantitative estimate of drug-likeness (QED) is 0.633. The molecule has 0 aromatic heterocycles. The summed E-state index contributed by atoms with van der Waals surface area (Å²) in [5, 5.41) is 2.90. The van der Waals surface area contributed by atoms with E-state index in [1.165, 1.54) is 16.4 Å². The number of rotatable bonds is 6. The molecule has 1 atom stereocenters. The van der Waals surface area contributed by atoms with Crippen LogP contribution in [-0.2, 0) is 21.4 Å². The number of hydrogen-bond acceptors (Lipinski definition) is 4. The predicted octanol–water partition coefficient (Wildman–Crippen LogP) is 4.01. The maximum Gasteiger partial charge on any atom is 0.243 e. The Kier molecular flexibility index (Phi) is 6.06. The van der Waals surface area contributed by atoms with Crippen LogP contribution in [0.15, 0.2) is 83.8 Å². The van der Waals surface area contributed by atoms with Crippen LogP contribution >= 0.6 is 0 Å². The summed E-state index contributed by atoms with van der Waals surface area (Å²) in [4.78, 5) is 13.0. The van der Waals surface area contributed by atoms with E-state index in [-0.39, 0.29) is 23.3 Å². The SMILES string of the molecule is CN(Cc1ccccc1)S(=O)(=O)c1ccc(NC(=O)C2CCOc3ccccc32)cc1. The van der Waals surface area contributed by atoms with Gasteiger partial charge >= 0.3 is 0 Å². The lowest BCUT2D eigenvalue weighted by Gasteiger charge is -2.25. The first-order valence-electron chi connectivity index (χ1n) is 10.1. The molecule has 0 aliphatic carbocycles. The molecule has 31 heavy (non-hydrogen) atoms. The Morgan fingerprint density at radius 3 is 2.42 bits per heavy atom. The van der Waals surface area contributed by atoms with Gasteiger partial charge in [0.05, 0.1) is 17.4 Å². The van der Waals surface area contributed by atoms with Gasteiger partial charge in [-0.1, -0.05) is 48.5 Å². The van der Waals surface area contributed by atoms with Crippen LogP contribution in [0.4, 0.5) is 5.69 Å². The number of nitrogens with one attached hydrogen (secondary N) is 1. The second-order valence-electron chi connectivity index (χ2n) is 7.49. The Morgan fingerprint density at radius 1 is 1.00 bits per heavy atom.